The minimum absolute atomic E-state index is 0.274. The van der Waals surface area contributed by atoms with Crippen molar-refractivity contribution in [2.24, 2.45) is 10.9 Å². The summed E-state index contributed by atoms with van der Waals surface area (Å²) in [4.78, 5) is 8.61. The molecule has 1 aromatic carbocycles. The van der Waals surface area contributed by atoms with Crippen LogP contribution in [0.15, 0.2) is 39.8 Å². The summed E-state index contributed by atoms with van der Waals surface area (Å²) >= 11 is 0. The Labute approximate surface area is 161 Å². The zero-order valence-electron chi connectivity index (χ0n) is 16.7. The summed E-state index contributed by atoms with van der Waals surface area (Å²) in [5.74, 6) is 2.79. The molecule has 1 heterocycles. The van der Waals surface area contributed by atoms with Crippen molar-refractivity contribution in [1.82, 2.24) is 20.8 Å². The van der Waals surface area contributed by atoms with Gasteiger partial charge in [-0.05, 0) is 11.5 Å². The van der Waals surface area contributed by atoms with Gasteiger partial charge in [0, 0.05) is 32.5 Å². The second-order valence-corrected chi connectivity index (χ2v) is 6.94. The van der Waals surface area contributed by atoms with Gasteiger partial charge in [0.1, 0.15) is 0 Å². The van der Waals surface area contributed by atoms with Crippen LogP contribution in [0.2, 0.25) is 0 Å². The summed E-state index contributed by atoms with van der Waals surface area (Å²) in [6, 6.07) is 10.2. The lowest BCUT2D eigenvalue weighted by Crippen LogP contribution is -2.40. The van der Waals surface area contributed by atoms with Gasteiger partial charge in [0.05, 0.1) is 13.2 Å². The van der Waals surface area contributed by atoms with E-state index in [-0.39, 0.29) is 5.92 Å². The van der Waals surface area contributed by atoms with Gasteiger partial charge in [-0.1, -0.05) is 56.3 Å². The molecule has 0 saturated carbocycles. The van der Waals surface area contributed by atoms with Gasteiger partial charge in [-0.25, -0.2) is 0 Å². The first-order valence-corrected chi connectivity index (χ1v) is 9.47. The van der Waals surface area contributed by atoms with Crippen molar-refractivity contribution >= 4 is 5.96 Å². The number of rotatable bonds is 10. The Morgan fingerprint density at radius 3 is 2.63 bits per heavy atom. The first-order valence-electron chi connectivity index (χ1n) is 9.47. The van der Waals surface area contributed by atoms with Crippen molar-refractivity contribution in [2.75, 3.05) is 26.7 Å². The van der Waals surface area contributed by atoms with Crippen LogP contribution in [0.1, 0.15) is 44.0 Å². The van der Waals surface area contributed by atoms with Crippen molar-refractivity contribution < 1.29 is 9.26 Å². The molecule has 7 nitrogen and oxygen atoms in total. The van der Waals surface area contributed by atoms with Crippen LogP contribution in [-0.2, 0) is 17.8 Å². The molecule has 1 aromatic heterocycles. The lowest BCUT2D eigenvalue weighted by molar-refractivity contribution is 0.0931. The highest BCUT2D eigenvalue weighted by Gasteiger charge is 2.10. The Bertz CT molecular complexity index is 685. The van der Waals surface area contributed by atoms with Crippen LogP contribution in [0.4, 0.5) is 0 Å². The molecule has 148 valence electrons. The molecule has 2 rings (SSSR count). The zero-order valence-corrected chi connectivity index (χ0v) is 16.7. The third-order valence-corrected chi connectivity index (χ3v) is 3.99. The molecule has 7 heteroatoms. The normalized spacial score (nSPS) is 13.0. The lowest BCUT2D eigenvalue weighted by atomic mass is 10.2. The van der Waals surface area contributed by atoms with Crippen LogP contribution in [0.5, 0.6) is 0 Å². The number of ether oxygens (including phenoxy) is 1. The summed E-state index contributed by atoms with van der Waals surface area (Å²) < 4.78 is 11.0. The molecular formula is C20H31N5O2. The molecular weight excluding hydrogens is 342 g/mol. The molecule has 0 spiro atoms. The van der Waals surface area contributed by atoms with Crippen LogP contribution in [0.3, 0.4) is 0 Å². The second kappa shape index (κ2) is 11.3. The Morgan fingerprint density at radius 1 is 1.19 bits per heavy atom. The third-order valence-electron chi connectivity index (χ3n) is 3.99. The van der Waals surface area contributed by atoms with Gasteiger partial charge < -0.3 is 19.9 Å². The molecule has 0 fully saturated rings. The Balaban J connectivity index is 1.61. The molecule has 0 aliphatic rings. The van der Waals surface area contributed by atoms with E-state index in [9.17, 15) is 0 Å². The second-order valence-electron chi connectivity index (χ2n) is 6.94. The smallest absolute Gasteiger partial charge is 0.228 e. The third kappa shape index (κ3) is 7.78. The van der Waals surface area contributed by atoms with Crippen molar-refractivity contribution in [3.05, 3.63) is 47.6 Å². The molecule has 27 heavy (non-hydrogen) atoms. The minimum Gasteiger partial charge on any atom is -0.376 e. The van der Waals surface area contributed by atoms with E-state index in [0.29, 0.717) is 38.0 Å². The highest BCUT2D eigenvalue weighted by atomic mass is 16.5. The molecule has 0 bridgehead atoms. The number of nitrogens with one attached hydrogen (secondary N) is 2. The van der Waals surface area contributed by atoms with Crippen molar-refractivity contribution in [1.29, 1.82) is 0 Å². The minimum atomic E-state index is 0.274. The van der Waals surface area contributed by atoms with Crippen molar-refractivity contribution in [3.8, 4) is 0 Å². The van der Waals surface area contributed by atoms with Gasteiger partial charge in [-0.15, -0.1) is 0 Å². The SMILES string of the molecule is CN=C(NCCc1nc(C(C)C)no1)NCC(C)COCc1ccccc1. The zero-order chi connectivity index (χ0) is 19.5. The van der Waals surface area contributed by atoms with E-state index >= 15 is 0 Å². The van der Waals surface area contributed by atoms with Gasteiger partial charge in [-0.2, -0.15) is 4.98 Å². The summed E-state index contributed by atoms with van der Waals surface area (Å²) in [5, 5.41) is 10.6. The maximum absolute atomic E-state index is 5.78. The Kier molecular flexibility index (Phi) is 8.77. The lowest BCUT2D eigenvalue weighted by Gasteiger charge is -2.16. The van der Waals surface area contributed by atoms with Crippen LogP contribution >= 0.6 is 0 Å². The summed E-state index contributed by atoms with van der Waals surface area (Å²) in [7, 11) is 1.76. The van der Waals surface area contributed by atoms with Gasteiger partial charge in [0.2, 0.25) is 5.89 Å². The summed E-state index contributed by atoms with van der Waals surface area (Å²) in [5.41, 5.74) is 1.19. The molecule has 0 radical (unpaired) electrons. The molecule has 0 saturated heterocycles. The highest BCUT2D eigenvalue weighted by molar-refractivity contribution is 5.79. The average molecular weight is 374 g/mol. The fraction of sp³-hybridized carbons (Fsp3) is 0.550. The number of hydrogen-bond acceptors (Lipinski definition) is 5. The van der Waals surface area contributed by atoms with Gasteiger partial charge in [-0.3, -0.25) is 4.99 Å². The maximum Gasteiger partial charge on any atom is 0.228 e. The first kappa shape index (κ1) is 20.9. The van der Waals surface area contributed by atoms with Gasteiger partial charge >= 0.3 is 0 Å². The summed E-state index contributed by atoms with van der Waals surface area (Å²) in [6.45, 7) is 9.04. The number of aliphatic imine (C=N–C) groups is 1. The van der Waals surface area contributed by atoms with Crippen LogP contribution in [-0.4, -0.2) is 42.8 Å². The molecule has 2 N–H and O–H groups in total. The first-order chi connectivity index (χ1) is 13.1. The Morgan fingerprint density at radius 2 is 1.96 bits per heavy atom. The van der Waals surface area contributed by atoms with Gasteiger partial charge in [0.25, 0.3) is 0 Å². The fourth-order valence-electron chi connectivity index (χ4n) is 2.39. The van der Waals surface area contributed by atoms with Crippen LogP contribution in [0.25, 0.3) is 0 Å². The monoisotopic (exact) mass is 373 g/mol. The predicted molar refractivity (Wildman–Crippen MR) is 107 cm³/mol. The molecule has 0 amide bonds. The molecule has 1 atom stereocenters. The average Bonchev–Trinajstić information content (AvgIpc) is 3.14. The van der Waals surface area contributed by atoms with E-state index in [1.54, 1.807) is 7.05 Å². The molecule has 1 unspecified atom stereocenters. The van der Waals surface area contributed by atoms with Crippen LogP contribution in [0, 0.1) is 5.92 Å². The highest BCUT2D eigenvalue weighted by Crippen LogP contribution is 2.09. The standard InChI is InChI=1S/C20H31N5O2/c1-15(2)19-24-18(27-25-19)10-11-22-20(21-4)23-12-16(3)13-26-14-17-8-6-5-7-9-17/h5-9,15-16H,10-14H2,1-4H3,(H2,21,22,23). The molecule has 0 aliphatic heterocycles. The van der Waals surface area contributed by atoms with E-state index in [1.165, 1.54) is 5.56 Å². The number of aromatic nitrogens is 2. The van der Waals surface area contributed by atoms with E-state index < -0.39 is 0 Å². The molecule has 2 aromatic rings. The van der Waals surface area contributed by atoms with E-state index in [2.05, 4.69) is 44.8 Å². The Hall–Kier alpha value is -2.41. The largest absolute Gasteiger partial charge is 0.376 e. The van der Waals surface area contributed by atoms with Gasteiger partial charge in [0.15, 0.2) is 11.8 Å². The van der Waals surface area contributed by atoms with E-state index in [4.69, 9.17) is 9.26 Å². The van der Waals surface area contributed by atoms with Crippen molar-refractivity contribution in [3.63, 3.8) is 0 Å². The predicted octanol–water partition coefficient (Wildman–Crippen LogP) is 2.75. The molecule has 0 aliphatic carbocycles. The quantitative estimate of drug-likeness (QED) is 0.492. The number of hydrogen-bond donors (Lipinski definition) is 2. The number of benzene rings is 1. The van der Waals surface area contributed by atoms with Crippen LogP contribution < -0.4 is 10.6 Å². The maximum atomic E-state index is 5.78. The van der Waals surface area contributed by atoms with Crippen molar-refractivity contribution in [2.45, 2.75) is 39.7 Å². The topological polar surface area (TPSA) is 84.6 Å². The summed E-state index contributed by atoms with van der Waals surface area (Å²) in [6.07, 6.45) is 0.663. The number of guanidine groups is 1. The number of nitrogens with zero attached hydrogens (tertiary/aromatic N) is 3. The fourth-order valence-corrected chi connectivity index (χ4v) is 2.39. The van der Waals surface area contributed by atoms with E-state index in [1.807, 2.05) is 32.0 Å². The van der Waals surface area contributed by atoms with E-state index in [0.717, 1.165) is 18.3 Å².